The van der Waals surface area contributed by atoms with E-state index >= 15 is 0 Å². The van der Waals surface area contributed by atoms with Crippen molar-refractivity contribution >= 4 is 28.9 Å². The zero-order valence-electron chi connectivity index (χ0n) is 14.9. The number of hydrogen-bond donors (Lipinski definition) is 1. The lowest BCUT2D eigenvalue weighted by Gasteiger charge is -2.39. The Kier molecular flexibility index (Phi) is 7.50. The lowest BCUT2D eigenvalue weighted by molar-refractivity contribution is 0.0734. The van der Waals surface area contributed by atoms with E-state index in [1.54, 1.807) is 11.3 Å². The highest BCUT2D eigenvalue weighted by Crippen LogP contribution is 2.23. The van der Waals surface area contributed by atoms with Gasteiger partial charge in [0.2, 0.25) is 0 Å². The van der Waals surface area contributed by atoms with Crippen LogP contribution in [0.2, 0.25) is 0 Å². The summed E-state index contributed by atoms with van der Waals surface area (Å²) in [5.74, 6) is 1.01. The second-order valence-electron chi connectivity index (χ2n) is 6.26. The molecule has 0 aliphatic carbocycles. The molecule has 0 saturated carbocycles. The number of nitrogen functional groups attached to an aromatic ring is 1. The van der Waals surface area contributed by atoms with Gasteiger partial charge in [0.25, 0.3) is 0 Å². The fourth-order valence-electron chi connectivity index (χ4n) is 3.22. The van der Waals surface area contributed by atoms with Gasteiger partial charge < -0.3 is 10.5 Å². The number of nitrogens with zero attached hydrogens (tertiary/aromatic N) is 3. The Morgan fingerprint density at radius 2 is 2.08 bits per heavy atom. The van der Waals surface area contributed by atoms with E-state index in [1.165, 1.54) is 10.4 Å². The van der Waals surface area contributed by atoms with Gasteiger partial charge >= 0.3 is 0 Å². The van der Waals surface area contributed by atoms with Gasteiger partial charge in [-0.25, -0.2) is 4.98 Å². The van der Waals surface area contributed by atoms with Crippen molar-refractivity contribution in [1.82, 2.24) is 14.8 Å². The minimum Gasteiger partial charge on any atom is -0.494 e. The Balaban J connectivity index is 0.00000225. The van der Waals surface area contributed by atoms with Crippen LogP contribution < -0.4 is 10.5 Å². The van der Waals surface area contributed by atoms with Crippen LogP contribution in [0.25, 0.3) is 0 Å². The number of para-hydroxylation sites is 1. The Bertz CT molecular complexity index is 666. The number of aromatic nitrogens is 1. The van der Waals surface area contributed by atoms with Crippen molar-refractivity contribution < 1.29 is 4.74 Å². The molecule has 0 amide bonds. The molecule has 25 heavy (non-hydrogen) atoms. The maximum atomic E-state index is 5.75. The molecule has 1 aliphatic rings. The van der Waals surface area contributed by atoms with Crippen molar-refractivity contribution in [2.75, 3.05) is 32.0 Å². The van der Waals surface area contributed by atoms with Crippen LogP contribution in [0.4, 0.5) is 5.13 Å². The Morgan fingerprint density at radius 1 is 1.28 bits per heavy atom. The fraction of sp³-hybridized carbons (Fsp3) is 0.500. The highest BCUT2D eigenvalue weighted by molar-refractivity contribution is 7.15. The number of halogens is 1. The summed E-state index contributed by atoms with van der Waals surface area (Å²) >= 11 is 1.59. The van der Waals surface area contributed by atoms with E-state index in [0.29, 0.717) is 17.8 Å². The summed E-state index contributed by atoms with van der Waals surface area (Å²) in [6.07, 6.45) is 1.90. The highest BCUT2D eigenvalue weighted by Gasteiger charge is 2.24. The molecule has 1 atom stereocenters. The van der Waals surface area contributed by atoms with E-state index in [1.807, 2.05) is 19.2 Å². The van der Waals surface area contributed by atoms with Crippen LogP contribution in [0.15, 0.2) is 30.5 Å². The van der Waals surface area contributed by atoms with E-state index in [2.05, 4.69) is 39.9 Å². The average molecular weight is 383 g/mol. The van der Waals surface area contributed by atoms with Crippen LogP contribution in [0.3, 0.4) is 0 Å². The molecule has 1 unspecified atom stereocenters. The third-order valence-electron chi connectivity index (χ3n) is 4.45. The lowest BCUT2D eigenvalue weighted by atomic mass is 10.1. The first-order chi connectivity index (χ1) is 11.7. The summed E-state index contributed by atoms with van der Waals surface area (Å²) in [6.45, 7) is 10.1. The second kappa shape index (κ2) is 9.38. The molecule has 2 N–H and O–H groups in total. The number of piperazine rings is 1. The van der Waals surface area contributed by atoms with Crippen LogP contribution in [0.1, 0.15) is 24.3 Å². The number of thiazole rings is 1. The molecular formula is C18H27ClN4OS. The number of rotatable bonds is 6. The molecule has 0 bridgehead atoms. The van der Waals surface area contributed by atoms with Crippen LogP contribution in [-0.4, -0.2) is 47.1 Å². The second-order valence-corrected chi connectivity index (χ2v) is 7.41. The van der Waals surface area contributed by atoms with Gasteiger partial charge in [-0.2, -0.15) is 0 Å². The number of benzene rings is 1. The standard InChI is InChI=1S/C18H26N4OS.ClH/c1-3-23-17-7-5-4-6-15(17)12-21-8-9-22(14(2)11-21)13-16-10-20-18(19)24-16;/h4-7,10,14H,3,8-9,11-13H2,1-2H3,(H2,19,20);1H. The molecule has 3 rings (SSSR count). The third kappa shape index (κ3) is 5.31. The molecular weight excluding hydrogens is 356 g/mol. The number of anilines is 1. The molecule has 138 valence electrons. The summed E-state index contributed by atoms with van der Waals surface area (Å²) < 4.78 is 5.75. The number of ether oxygens (including phenoxy) is 1. The molecule has 0 radical (unpaired) electrons. The zero-order chi connectivity index (χ0) is 16.9. The fourth-order valence-corrected chi connectivity index (χ4v) is 3.93. The van der Waals surface area contributed by atoms with E-state index in [9.17, 15) is 0 Å². The van der Waals surface area contributed by atoms with Crippen LogP contribution in [0.5, 0.6) is 5.75 Å². The molecule has 5 nitrogen and oxygen atoms in total. The van der Waals surface area contributed by atoms with E-state index < -0.39 is 0 Å². The van der Waals surface area contributed by atoms with E-state index in [4.69, 9.17) is 10.5 Å². The van der Waals surface area contributed by atoms with Crippen molar-refractivity contribution in [2.24, 2.45) is 0 Å². The van der Waals surface area contributed by atoms with Gasteiger partial charge in [-0.05, 0) is 19.9 Å². The molecule has 0 spiro atoms. The molecule has 1 fully saturated rings. The van der Waals surface area contributed by atoms with E-state index in [-0.39, 0.29) is 12.4 Å². The zero-order valence-corrected chi connectivity index (χ0v) is 16.5. The maximum Gasteiger partial charge on any atom is 0.180 e. The summed E-state index contributed by atoms with van der Waals surface area (Å²) in [5.41, 5.74) is 7.01. The monoisotopic (exact) mass is 382 g/mol. The predicted molar refractivity (Wildman–Crippen MR) is 107 cm³/mol. The van der Waals surface area contributed by atoms with Crippen molar-refractivity contribution in [3.8, 4) is 5.75 Å². The molecule has 1 aromatic carbocycles. The van der Waals surface area contributed by atoms with E-state index in [0.717, 1.165) is 38.5 Å². The first-order valence-corrected chi connectivity index (χ1v) is 9.34. The van der Waals surface area contributed by atoms with Gasteiger partial charge in [0.15, 0.2) is 5.13 Å². The minimum atomic E-state index is 0. The first-order valence-electron chi connectivity index (χ1n) is 8.53. The Hall–Kier alpha value is -1.34. The Morgan fingerprint density at radius 3 is 2.76 bits per heavy atom. The molecule has 2 heterocycles. The SMILES string of the molecule is CCOc1ccccc1CN1CCN(Cc2cnc(N)s2)C(C)C1.Cl. The topological polar surface area (TPSA) is 54.6 Å². The quantitative estimate of drug-likeness (QED) is 0.831. The maximum absolute atomic E-state index is 5.75. The number of hydrogen-bond acceptors (Lipinski definition) is 6. The molecule has 1 saturated heterocycles. The van der Waals surface area contributed by atoms with Gasteiger partial charge in [0, 0.05) is 55.4 Å². The Labute approximate surface area is 160 Å². The van der Waals surface area contributed by atoms with Gasteiger partial charge in [0.05, 0.1) is 6.61 Å². The van der Waals surface area contributed by atoms with Gasteiger partial charge in [-0.3, -0.25) is 9.80 Å². The smallest absolute Gasteiger partial charge is 0.180 e. The predicted octanol–water partition coefficient (Wildman–Crippen LogP) is 3.25. The van der Waals surface area contributed by atoms with Gasteiger partial charge in [-0.15, -0.1) is 23.7 Å². The third-order valence-corrected chi connectivity index (χ3v) is 5.26. The first kappa shape index (κ1) is 20.0. The largest absolute Gasteiger partial charge is 0.494 e. The van der Waals surface area contributed by atoms with Crippen molar-refractivity contribution in [3.05, 3.63) is 40.9 Å². The summed E-state index contributed by atoms with van der Waals surface area (Å²) in [5, 5.41) is 0.656. The van der Waals surface area contributed by atoms with Crippen LogP contribution >= 0.6 is 23.7 Å². The van der Waals surface area contributed by atoms with Gasteiger partial charge in [0.1, 0.15) is 5.75 Å². The highest BCUT2D eigenvalue weighted by atomic mass is 35.5. The summed E-state index contributed by atoms with van der Waals surface area (Å²) in [6, 6.07) is 8.87. The average Bonchev–Trinajstić information content (AvgIpc) is 2.97. The van der Waals surface area contributed by atoms with Crippen LogP contribution in [0, 0.1) is 0 Å². The number of nitrogens with two attached hydrogens (primary N) is 1. The molecule has 7 heteroatoms. The molecule has 1 aromatic heterocycles. The lowest BCUT2D eigenvalue weighted by Crippen LogP contribution is -2.50. The van der Waals surface area contributed by atoms with Crippen molar-refractivity contribution in [1.29, 1.82) is 0 Å². The normalized spacial score (nSPS) is 18.7. The van der Waals surface area contributed by atoms with Crippen LogP contribution in [-0.2, 0) is 13.1 Å². The van der Waals surface area contributed by atoms with Gasteiger partial charge in [-0.1, -0.05) is 18.2 Å². The van der Waals surface area contributed by atoms with Crippen molar-refractivity contribution in [3.63, 3.8) is 0 Å². The summed E-state index contributed by atoms with van der Waals surface area (Å²) in [4.78, 5) is 10.4. The minimum absolute atomic E-state index is 0. The van der Waals surface area contributed by atoms with Crippen molar-refractivity contribution in [2.45, 2.75) is 33.0 Å². The molecule has 2 aromatic rings. The summed E-state index contributed by atoms with van der Waals surface area (Å²) in [7, 11) is 0. The molecule has 1 aliphatic heterocycles.